The van der Waals surface area contributed by atoms with Crippen molar-refractivity contribution >= 4 is 0 Å². The fourth-order valence-corrected chi connectivity index (χ4v) is 2.77. The molecule has 2 N–H and O–H groups in total. The van der Waals surface area contributed by atoms with Gasteiger partial charge in [0.25, 0.3) is 0 Å². The number of methoxy groups -OCH3 is 1. The number of hydrogen-bond acceptors (Lipinski definition) is 4. The first kappa shape index (κ1) is 16.0. The van der Waals surface area contributed by atoms with Crippen LogP contribution in [0.25, 0.3) is 0 Å². The van der Waals surface area contributed by atoms with E-state index in [9.17, 15) is 0 Å². The second kappa shape index (κ2) is 6.91. The minimum Gasteiger partial charge on any atom is -0.481 e. The maximum atomic E-state index is 6.04. The van der Waals surface area contributed by atoms with Crippen LogP contribution in [0, 0.1) is 6.92 Å². The molecule has 1 rings (SSSR count). The molecule has 0 radical (unpaired) electrons. The Morgan fingerprint density at radius 2 is 2.05 bits per heavy atom. The number of nitrogens with two attached hydrogens (primary N) is 1. The number of aryl methyl sites for hydroxylation is 2. The Labute approximate surface area is 116 Å². The van der Waals surface area contributed by atoms with Crippen molar-refractivity contribution in [2.75, 3.05) is 20.2 Å². The monoisotopic (exact) mass is 268 g/mol. The van der Waals surface area contributed by atoms with E-state index in [-0.39, 0.29) is 6.04 Å². The quantitative estimate of drug-likeness (QED) is 0.820. The molecule has 1 aromatic heterocycles. The van der Waals surface area contributed by atoms with E-state index in [1.165, 1.54) is 0 Å². The molecule has 0 saturated carbocycles. The van der Waals surface area contributed by atoms with Crippen LogP contribution in [0.4, 0.5) is 0 Å². The molecule has 5 heteroatoms. The van der Waals surface area contributed by atoms with Crippen LogP contribution in [-0.4, -0.2) is 40.9 Å². The van der Waals surface area contributed by atoms with Crippen LogP contribution in [0.2, 0.25) is 0 Å². The molecule has 1 aromatic rings. The van der Waals surface area contributed by atoms with Gasteiger partial charge in [0.15, 0.2) is 0 Å². The summed E-state index contributed by atoms with van der Waals surface area (Å²) in [7, 11) is 3.59. The van der Waals surface area contributed by atoms with Crippen molar-refractivity contribution in [3.63, 3.8) is 0 Å². The minimum atomic E-state index is 0.156. The van der Waals surface area contributed by atoms with Crippen molar-refractivity contribution in [3.05, 3.63) is 11.3 Å². The molecule has 0 aliphatic carbocycles. The predicted octanol–water partition coefficient (Wildman–Crippen LogP) is 1.86. The third kappa shape index (κ3) is 3.09. The molecule has 0 aromatic carbocycles. The zero-order valence-electron chi connectivity index (χ0n) is 13.1. The van der Waals surface area contributed by atoms with E-state index in [4.69, 9.17) is 10.5 Å². The summed E-state index contributed by atoms with van der Waals surface area (Å²) in [5.74, 6) is 0.815. The maximum Gasteiger partial charge on any atom is 0.216 e. The van der Waals surface area contributed by atoms with E-state index < -0.39 is 0 Å². The van der Waals surface area contributed by atoms with E-state index in [0.29, 0.717) is 12.6 Å². The summed E-state index contributed by atoms with van der Waals surface area (Å²) in [5, 5.41) is 4.46. The molecule has 19 heavy (non-hydrogen) atoms. The number of nitrogens with zero attached hydrogens (tertiary/aromatic N) is 3. The summed E-state index contributed by atoms with van der Waals surface area (Å²) in [6.07, 6.45) is 1.10. The van der Waals surface area contributed by atoms with Crippen molar-refractivity contribution in [2.24, 2.45) is 12.8 Å². The number of rotatable bonds is 7. The van der Waals surface area contributed by atoms with Crippen LogP contribution in [-0.2, 0) is 7.05 Å². The van der Waals surface area contributed by atoms with E-state index in [0.717, 1.165) is 30.1 Å². The highest BCUT2D eigenvalue weighted by Gasteiger charge is 2.28. The summed E-state index contributed by atoms with van der Waals surface area (Å²) in [6, 6.07) is 0.645. The molecular weight excluding hydrogens is 240 g/mol. The van der Waals surface area contributed by atoms with Gasteiger partial charge in [0.1, 0.15) is 0 Å². The molecular formula is C14H28N4O. The van der Waals surface area contributed by atoms with Gasteiger partial charge in [-0.1, -0.05) is 13.8 Å². The Bertz CT molecular complexity index is 402. The first-order chi connectivity index (χ1) is 9.01. The van der Waals surface area contributed by atoms with Crippen LogP contribution in [0.5, 0.6) is 5.88 Å². The van der Waals surface area contributed by atoms with Gasteiger partial charge in [-0.3, -0.25) is 4.90 Å². The second-order valence-electron chi connectivity index (χ2n) is 4.97. The van der Waals surface area contributed by atoms with Crippen molar-refractivity contribution in [1.82, 2.24) is 14.7 Å². The summed E-state index contributed by atoms with van der Waals surface area (Å²) >= 11 is 0. The first-order valence-corrected chi connectivity index (χ1v) is 7.04. The Morgan fingerprint density at radius 1 is 1.42 bits per heavy atom. The van der Waals surface area contributed by atoms with Gasteiger partial charge in [0.05, 0.1) is 24.4 Å². The third-order valence-electron chi connectivity index (χ3n) is 3.89. The lowest BCUT2D eigenvalue weighted by Crippen LogP contribution is -2.40. The molecule has 0 spiro atoms. The lowest BCUT2D eigenvalue weighted by atomic mass is 10.0. The highest BCUT2D eigenvalue weighted by atomic mass is 16.5. The molecule has 1 heterocycles. The van der Waals surface area contributed by atoms with Crippen LogP contribution in [0.15, 0.2) is 0 Å². The number of ether oxygens (including phenoxy) is 1. The predicted molar refractivity (Wildman–Crippen MR) is 78.4 cm³/mol. The van der Waals surface area contributed by atoms with E-state index in [2.05, 4.69) is 30.8 Å². The molecule has 0 aliphatic rings. The lowest BCUT2D eigenvalue weighted by molar-refractivity contribution is 0.149. The summed E-state index contributed by atoms with van der Waals surface area (Å²) in [5.41, 5.74) is 8.16. The molecule has 0 saturated heterocycles. The zero-order valence-corrected chi connectivity index (χ0v) is 13.1. The van der Waals surface area contributed by atoms with Gasteiger partial charge in [0, 0.05) is 19.6 Å². The first-order valence-electron chi connectivity index (χ1n) is 7.04. The largest absolute Gasteiger partial charge is 0.481 e. The van der Waals surface area contributed by atoms with Gasteiger partial charge in [-0.25, -0.2) is 4.68 Å². The zero-order chi connectivity index (χ0) is 14.6. The molecule has 0 bridgehead atoms. The van der Waals surface area contributed by atoms with Gasteiger partial charge in [-0.05, 0) is 26.8 Å². The Hall–Kier alpha value is -1.07. The molecule has 2 unspecified atom stereocenters. The Morgan fingerprint density at radius 3 is 2.47 bits per heavy atom. The smallest absolute Gasteiger partial charge is 0.216 e. The van der Waals surface area contributed by atoms with Crippen LogP contribution in [0.3, 0.4) is 0 Å². The SMILES string of the molecule is CCC(C)N(CC)C(CN)c1c(C)nn(C)c1OC. The number of likely N-dealkylation sites (N-methyl/N-ethyl adjacent to an activating group) is 1. The molecule has 5 nitrogen and oxygen atoms in total. The maximum absolute atomic E-state index is 6.04. The van der Waals surface area contributed by atoms with Crippen LogP contribution < -0.4 is 10.5 Å². The highest BCUT2D eigenvalue weighted by Crippen LogP contribution is 2.32. The van der Waals surface area contributed by atoms with Gasteiger partial charge in [0.2, 0.25) is 5.88 Å². The second-order valence-corrected chi connectivity index (χ2v) is 4.97. The van der Waals surface area contributed by atoms with Crippen molar-refractivity contribution < 1.29 is 4.74 Å². The number of aromatic nitrogens is 2. The molecule has 0 fully saturated rings. The summed E-state index contributed by atoms with van der Waals surface area (Å²) < 4.78 is 7.30. The van der Waals surface area contributed by atoms with E-state index in [1.54, 1.807) is 11.8 Å². The average Bonchev–Trinajstić information content (AvgIpc) is 2.69. The normalized spacial score (nSPS) is 14.7. The Balaban J connectivity index is 3.22. The third-order valence-corrected chi connectivity index (χ3v) is 3.89. The molecule has 110 valence electrons. The summed E-state index contributed by atoms with van der Waals surface area (Å²) in [4.78, 5) is 2.42. The standard InChI is InChI=1S/C14H28N4O/c1-7-10(3)18(8-2)12(9-15)13-11(4)16-17(5)14(13)19-6/h10,12H,7-9,15H2,1-6H3. The van der Waals surface area contributed by atoms with Gasteiger partial charge < -0.3 is 10.5 Å². The molecule has 0 aliphatic heterocycles. The number of hydrogen-bond donors (Lipinski definition) is 1. The van der Waals surface area contributed by atoms with Crippen molar-refractivity contribution in [1.29, 1.82) is 0 Å². The molecule has 2 atom stereocenters. The average molecular weight is 268 g/mol. The van der Waals surface area contributed by atoms with E-state index >= 15 is 0 Å². The highest BCUT2D eigenvalue weighted by molar-refractivity contribution is 5.34. The van der Waals surface area contributed by atoms with Crippen molar-refractivity contribution in [3.8, 4) is 5.88 Å². The molecule has 0 amide bonds. The van der Waals surface area contributed by atoms with Crippen LogP contribution >= 0.6 is 0 Å². The van der Waals surface area contributed by atoms with Crippen LogP contribution in [0.1, 0.15) is 44.5 Å². The fraction of sp³-hybridized carbons (Fsp3) is 0.786. The fourth-order valence-electron chi connectivity index (χ4n) is 2.77. The summed E-state index contributed by atoms with van der Waals surface area (Å²) in [6.45, 7) is 10.2. The van der Waals surface area contributed by atoms with Gasteiger partial charge in [-0.15, -0.1) is 0 Å². The Kier molecular flexibility index (Phi) is 5.82. The topological polar surface area (TPSA) is 56.3 Å². The minimum absolute atomic E-state index is 0.156. The van der Waals surface area contributed by atoms with Gasteiger partial charge >= 0.3 is 0 Å². The lowest BCUT2D eigenvalue weighted by Gasteiger charge is -2.34. The van der Waals surface area contributed by atoms with Crippen molar-refractivity contribution in [2.45, 2.75) is 46.2 Å². The van der Waals surface area contributed by atoms with E-state index in [1.807, 2.05) is 14.0 Å². The van der Waals surface area contributed by atoms with Gasteiger partial charge in [-0.2, -0.15) is 5.10 Å².